The third-order valence-corrected chi connectivity index (χ3v) is 4.17. The molecule has 3 aromatic rings. The Bertz CT molecular complexity index is 830. The average Bonchev–Trinajstić information content (AvgIpc) is 3.20. The summed E-state index contributed by atoms with van der Waals surface area (Å²) in [4.78, 5) is 4.50. The van der Waals surface area contributed by atoms with Gasteiger partial charge in [-0.2, -0.15) is 10.1 Å². The highest BCUT2D eigenvalue weighted by molar-refractivity contribution is 6.30. The standard InChI is InChI=1S/C17H20ClN5O.ClH/c1-4-15-14(17-21-16(22-24-17)8-11(2)19-3)10-20-23(15)13-7-5-6-12(18)9-13;/h5-7,9-11,19H,4,8H2,1-3H3;1H. The van der Waals surface area contributed by atoms with E-state index in [1.807, 2.05) is 36.0 Å². The van der Waals surface area contributed by atoms with Crippen molar-refractivity contribution in [3.63, 3.8) is 0 Å². The second-order valence-corrected chi connectivity index (χ2v) is 6.10. The van der Waals surface area contributed by atoms with Crippen molar-refractivity contribution in [2.45, 2.75) is 32.7 Å². The Morgan fingerprint density at radius 1 is 1.36 bits per heavy atom. The number of rotatable bonds is 6. The Balaban J connectivity index is 0.00000225. The van der Waals surface area contributed by atoms with Crippen molar-refractivity contribution in [1.29, 1.82) is 0 Å². The van der Waals surface area contributed by atoms with Gasteiger partial charge in [-0.25, -0.2) is 4.68 Å². The summed E-state index contributed by atoms with van der Waals surface area (Å²) in [5.41, 5.74) is 2.77. The molecule has 0 radical (unpaired) electrons. The van der Waals surface area contributed by atoms with Crippen LogP contribution in [0.15, 0.2) is 35.0 Å². The number of likely N-dealkylation sites (N-methyl/N-ethyl adjacent to an activating group) is 1. The summed E-state index contributed by atoms with van der Waals surface area (Å²) in [6.07, 6.45) is 3.26. The fourth-order valence-electron chi connectivity index (χ4n) is 2.55. The van der Waals surface area contributed by atoms with Crippen LogP contribution in [0.4, 0.5) is 0 Å². The van der Waals surface area contributed by atoms with Crippen molar-refractivity contribution < 1.29 is 4.52 Å². The van der Waals surface area contributed by atoms with Crippen LogP contribution in [0.1, 0.15) is 25.4 Å². The first kappa shape index (κ1) is 19.4. The minimum absolute atomic E-state index is 0. The highest BCUT2D eigenvalue weighted by atomic mass is 35.5. The van der Waals surface area contributed by atoms with E-state index in [1.165, 1.54) is 0 Å². The van der Waals surface area contributed by atoms with Crippen LogP contribution in [-0.2, 0) is 12.8 Å². The molecule has 0 saturated carbocycles. The van der Waals surface area contributed by atoms with E-state index in [4.69, 9.17) is 16.1 Å². The van der Waals surface area contributed by atoms with Gasteiger partial charge >= 0.3 is 0 Å². The topological polar surface area (TPSA) is 68.8 Å². The van der Waals surface area contributed by atoms with E-state index in [0.717, 1.165) is 23.4 Å². The molecule has 2 aromatic heterocycles. The lowest BCUT2D eigenvalue weighted by Crippen LogP contribution is -2.24. The van der Waals surface area contributed by atoms with Gasteiger partial charge in [-0.15, -0.1) is 12.4 Å². The van der Waals surface area contributed by atoms with E-state index in [-0.39, 0.29) is 18.4 Å². The molecule has 1 unspecified atom stereocenters. The third kappa shape index (κ3) is 4.21. The highest BCUT2D eigenvalue weighted by Gasteiger charge is 2.18. The minimum Gasteiger partial charge on any atom is -0.334 e. The molecule has 0 amide bonds. The van der Waals surface area contributed by atoms with Crippen molar-refractivity contribution in [3.8, 4) is 17.1 Å². The van der Waals surface area contributed by atoms with Crippen LogP contribution >= 0.6 is 24.0 Å². The van der Waals surface area contributed by atoms with Gasteiger partial charge in [0.1, 0.15) is 0 Å². The van der Waals surface area contributed by atoms with Crippen molar-refractivity contribution in [3.05, 3.63) is 47.0 Å². The largest absolute Gasteiger partial charge is 0.334 e. The maximum Gasteiger partial charge on any atom is 0.261 e. The molecule has 1 aromatic carbocycles. The van der Waals surface area contributed by atoms with E-state index < -0.39 is 0 Å². The summed E-state index contributed by atoms with van der Waals surface area (Å²) >= 11 is 6.09. The molecule has 0 fully saturated rings. The molecule has 0 aliphatic rings. The molecule has 6 nitrogen and oxygen atoms in total. The lowest BCUT2D eigenvalue weighted by atomic mass is 10.2. The first-order chi connectivity index (χ1) is 11.6. The van der Waals surface area contributed by atoms with Crippen LogP contribution in [0, 0.1) is 0 Å². The Labute approximate surface area is 158 Å². The van der Waals surface area contributed by atoms with Gasteiger partial charge in [-0.05, 0) is 38.6 Å². The van der Waals surface area contributed by atoms with Gasteiger partial charge in [0.15, 0.2) is 5.82 Å². The smallest absolute Gasteiger partial charge is 0.261 e. The lowest BCUT2D eigenvalue weighted by Gasteiger charge is -2.07. The molecule has 0 aliphatic heterocycles. The van der Waals surface area contributed by atoms with Crippen molar-refractivity contribution in [1.82, 2.24) is 25.2 Å². The molecular weight excluding hydrogens is 361 g/mol. The molecule has 0 spiro atoms. The maximum absolute atomic E-state index is 6.09. The molecule has 134 valence electrons. The normalized spacial score (nSPS) is 12.0. The second kappa shape index (κ2) is 8.47. The van der Waals surface area contributed by atoms with Crippen LogP contribution in [0.2, 0.25) is 5.02 Å². The molecule has 25 heavy (non-hydrogen) atoms. The average molecular weight is 382 g/mol. The zero-order valence-electron chi connectivity index (χ0n) is 14.4. The number of aromatic nitrogens is 4. The van der Waals surface area contributed by atoms with Crippen molar-refractivity contribution in [2.24, 2.45) is 0 Å². The zero-order valence-corrected chi connectivity index (χ0v) is 15.9. The Hall–Kier alpha value is -1.89. The molecule has 2 heterocycles. The monoisotopic (exact) mass is 381 g/mol. The number of hydrogen-bond acceptors (Lipinski definition) is 5. The Morgan fingerprint density at radius 3 is 2.84 bits per heavy atom. The second-order valence-electron chi connectivity index (χ2n) is 5.66. The third-order valence-electron chi connectivity index (χ3n) is 3.94. The molecule has 8 heteroatoms. The van der Waals surface area contributed by atoms with Gasteiger partial charge in [0.25, 0.3) is 5.89 Å². The van der Waals surface area contributed by atoms with E-state index in [2.05, 4.69) is 34.4 Å². The van der Waals surface area contributed by atoms with Crippen LogP contribution in [0.25, 0.3) is 17.1 Å². The number of nitrogens with zero attached hydrogens (tertiary/aromatic N) is 4. The Morgan fingerprint density at radius 2 is 2.16 bits per heavy atom. The summed E-state index contributed by atoms with van der Waals surface area (Å²) < 4.78 is 7.31. The predicted molar refractivity (Wildman–Crippen MR) is 101 cm³/mol. The highest BCUT2D eigenvalue weighted by Crippen LogP contribution is 2.26. The van der Waals surface area contributed by atoms with Crippen molar-refractivity contribution >= 4 is 24.0 Å². The summed E-state index contributed by atoms with van der Waals surface area (Å²) in [7, 11) is 1.91. The number of halogens is 2. The summed E-state index contributed by atoms with van der Waals surface area (Å²) in [6, 6.07) is 7.88. The van der Waals surface area contributed by atoms with E-state index >= 15 is 0 Å². The Kier molecular flexibility index (Phi) is 6.58. The van der Waals surface area contributed by atoms with Crippen LogP contribution in [0.5, 0.6) is 0 Å². The molecule has 0 saturated heterocycles. The van der Waals surface area contributed by atoms with Gasteiger partial charge in [0.05, 0.1) is 23.1 Å². The van der Waals surface area contributed by atoms with Gasteiger partial charge in [0.2, 0.25) is 0 Å². The first-order valence-electron chi connectivity index (χ1n) is 7.95. The van der Waals surface area contributed by atoms with Gasteiger partial charge in [0, 0.05) is 17.5 Å². The SMILES string of the molecule is CCc1c(-c2nc(CC(C)NC)no2)cnn1-c1cccc(Cl)c1.Cl. The first-order valence-corrected chi connectivity index (χ1v) is 8.33. The van der Waals surface area contributed by atoms with Gasteiger partial charge in [-0.3, -0.25) is 0 Å². The van der Waals surface area contributed by atoms with Gasteiger partial charge in [-0.1, -0.05) is 29.7 Å². The summed E-state index contributed by atoms with van der Waals surface area (Å²) in [5, 5.41) is 12.4. The molecular formula is C17H21Cl2N5O. The predicted octanol–water partition coefficient (Wildman–Crippen LogP) is 3.71. The van der Waals surface area contributed by atoms with E-state index in [0.29, 0.717) is 23.2 Å². The summed E-state index contributed by atoms with van der Waals surface area (Å²) in [5.74, 6) is 1.18. The number of benzene rings is 1. The summed E-state index contributed by atoms with van der Waals surface area (Å²) in [6.45, 7) is 4.15. The zero-order chi connectivity index (χ0) is 17.1. The number of hydrogen-bond donors (Lipinski definition) is 1. The molecule has 1 N–H and O–H groups in total. The lowest BCUT2D eigenvalue weighted by molar-refractivity contribution is 0.418. The molecule has 0 bridgehead atoms. The quantitative estimate of drug-likeness (QED) is 0.704. The number of nitrogens with one attached hydrogen (secondary N) is 1. The van der Waals surface area contributed by atoms with Crippen LogP contribution in [-0.4, -0.2) is 33.0 Å². The van der Waals surface area contributed by atoms with Crippen LogP contribution < -0.4 is 5.32 Å². The fourth-order valence-corrected chi connectivity index (χ4v) is 2.73. The van der Waals surface area contributed by atoms with E-state index in [1.54, 1.807) is 6.20 Å². The van der Waals surface area contributed by atoms with Crippen LogP contribution in [0.3, 0.4) is 0 Å². The fraction of sp³-hybridized carbons (Fsp3) is 0.353. The molecule has 1 atom stereocenters. The molecule has 3 rings (SSSR count). The van der Waals surface area contributed by atoms with E-state index in [9.17, 15) is 0 Å². The maximum atomic E-state index is 6.09. The molecule has 0 aliphatic carbocycles. The van der Waals surface area contributed by atoms with Gasteiger partial charge < -0.3 is 9.84 Å². The van der Waals surface area contributed by atoms with Crippen molar-refractivity contribution in [2.75, 3.05) is 7.05 Å². The minimum atomic E-state index is 0.